The Kier molecular flexibility index (Phi) is 4.84. The molecule has 1 aromatic carbocycles. The second-order valence-corrected chi connectivity index (χ2v) is 5.64. The number of carboxylic acids is 1. The fraction of sp³-hybridized carbons (Fsp3) is 0.133. The summed E-state index contributed by atoms with van der Waals surface area (Å²) in [5.41, 5.74) is 1.26. The van der Waals surface area contributed by atoms with Crippen molar-refractivity contribution in [3.63, 3.8) is 0 Å². The van der Waals surface area contributed by atoms with Crippen molar-refractivity contribution in [2.75, 3.05) is 0 Å². The van der Waals surface area contributed by atoms with Crippen LogP contribution in [0.15, 0.2) is 36.5 Å². The molecular formula is C15H14N2O3S. The molecule has 1 aromatic heterocycles. The Labute approximate surface area is 126 Å². The molecule has 0 saturated heterocycles. The summed E-state index contributed by atoms with van der Waals surface area (Å²) in [5.74, 6) is -1.17. The number of amides is 1. The van der Waals surface area contributed by atoms with Crippen molar-refractivity contribution in [2.24, 2.45) is 0 Å². The molecule has 5 nitrogen and oxygen atoms in total. The third-order valence-corrected chi connectivity index (χ3v) is 3.60. The molecule has 21 heavy (non-hydrogen) atoms. The van der Waals surface area contributed by atoms with E-state index in [2.05, 4.69) is 10.3 Å². The Bertz CT molecular complexity index is 674. The largest absolute Gasteiger partial charge is 0.478 e. The maximum absolute atomic E-state index is 12.0. The number of nitrogens with zero attached hydrogens (tertiary/aromatic N) is 1. The first-order valence-electron chi connectivity index (χ1n) is 6.25. The van der Waals surface area contributed by atoms with Crippen molar-refractivity contribution in [1.29, 1.82) is 0 Å². The van der Waals surface area contributed by atoms with Crippen LogP contribution in [0.5, 0.6) is 0 Å². The van der Waals surface area contributed by atoms with E-state index >= 15 is 0 Å². The number of hydrogen-bond donors (Lipinski definition) is 2. The zero-order valence-corrected chi connectivity index (χ0v) is 12.2. The molecule has 0 atom stereocenters. The first-order chi connectivity index (χ1) is 10.0. The second kappa shape index (κ2) is 6.81. The van der Waals surface area contributed by atoms with Gasteiger partial charge in [0, 0.05) is 22.7 Å². The number of thiazole rings is 1. The number of carbonyl (C=O) groups excluding carboxylic acids is 1. The molecule has 2 aromatic rings. The van der Waals surface area contributed by atoms with Crippen LogP contribution in [0, 0.1) is 6.92 Å². The van der Waals surface area contributed by atoms with E-state index in [0.717, 1.165) is 21.5 Å². The van der Waals surface area contributed by atoms with E-state index < -0.39 is 5.97 Å². The number of carbonyl (C=O) groups is 2. The number of carboxylic acid groups (broad SMARTS) is 1. The van der Waals surface area contributed by atoms with Crippen LogP contribution in [-0.4, -0.2) is 22.0 Å². The topological polar surface area (TPSA) is 79.3 Å². The highest BCUT2D eigenvalue weighted by Gasteiger charge is 2.06. The monoisotopic (exact) mass is 302 g/mol. The van der Waals surface area contributed by atoms with E-state index in [1.807, 2.05) is 6.92 Å². The highest BCUT2D eigenvalue weighted by atomic mass is 32.1. The van der Waals surface area contributed by atoms with Gasteiger partial charge >= 0.3 is 5.97 Å². The van der Waals surface area contributed by atoms with Crippen LogP contribution in [-0.2, 0) is 11.3 Å². The Balaban J connectivity index is 1.95. The van der Waals surface area contributed by atoms with E-state index in [-0.39, 0.29) is 5.91 Å². The molecule has 1 heterocycles. The first-order valence-corrected chi connectivity index (χ1v) is 7.07. The van der Waals surface area contributed by atoms with Gasteiger partial charge in [0.15, 0.2) is 0 Å². The average Bonchev–Trinajstić information content (AvgIpc) is 2.89. The SMILES string of the molecule is Cc1ncc(CNC(=O)c2ccc(C=CC(=O)O)cc2)s1. The molecule has 0 aliphatic carbocycles. The molecule has 0 unspecified atom stereocenters. The number of benzene rings is 1. The van der Waals surface area contributed by atoms with Gasteiger partial charge in [0.1, 0.15) is 0 Å². The lowest BCUT2D eigenvalue weighted by atomic mass is 10.1. The van der Waals surface area contributed by atoms with E-state index in [4.69, 9.17) is 5.11 Å². The normalized spacial score (nSPS) is 10.7. The maximum atomic E-state index is 12.0. The fourth-order valence-electron chi connectivity index (χ4n) is 1.67. The van der Waals surface area contributed by atoms with Crippen molar-refractivity contribution in [1.82, 2.24) is 10.3 Å². The summed E-state index contributed by atoms with van der Waals surface area (Å²) < 4.78 is 0. The maximum Gasteiger partial charge on any atom is 0.328 e. The molecule has 0 saturated carbocycles. The van der Waals surface area contributed by atoms with Crippen LogP contribution in [0.1, 0.15) is 25.8 Å². The Morgan fingerprint density at radius 1 is 1.33 bits per heavy atom. The smallest absolute Gasteiger partial charge is 0.328 e. The van der Waals surface area contributed by atoms with Gasteiger partial charge in [-0.25, -0.2) is 9.78 Å². The highest BCUT2D eigenvalue weighted by Crippen LogP contribution is 2.11. The van der Waals surface area contributed by atoms with Gasteiger partial charge in [0.25, 0.3) is 5.91 Å². The van der Waals surface area contributed by atoms with Gasteiger partial charge < -0.3 is 10.4 Å². The third kappa shape index (κ3) is 4.54. The summed E-state index contributed by atoms with van der Waals surface area (Å²) >= 11 is 1.55. The van der Waals surface area contributed by atoms with Crippen molar-refractivity contribution < 1.29 is 14.7 Å². The molecule has 1 amide bonds. The fourth-order valence-corrected chi connectivity index (χ4v) is 2.40. The molecule has 0 aliphatic heterocycles. The third-order valence-electron chi connectivity index (χ3n) is 2.68. The standard InChI is InChI=1S/C15H14N2O3S/c1-10-16-8-13(21-10)9-17-15(20)12-5-2-11(3-6-12)4-7-14(18)19/h2-8H,9H2,1H3,(H,17,20)(H,18,19). The summed E-state index contributed by atoms with van der Waals surface area (Å²) in [4.78, 5) is 27.5. The Morgan fingerprint density at radius 2 is 2.05 bits per heavy atom. The predicted octanol–water partition coefficient (Wildman–Crippen LogP) is 2.48. The lowest BCUT2D eigenvalue weighted by Gasteiger charge is -2.03. The van der Waals surface area contributed by atoms with Crippen molar-refractivity contribution in [2.45, 2.75) is 13.5 Å². The van der Waals surface area contributed by atoms with Gasteiger partial charge in [-0.2, -0.15) is 0 Å². The van der Waals surface area contributed by atoms with Gasteiger partial charge in [-0.1, -0.05) is 12.1 Å². The minimum atomic E-state index is -1.00. The molecule has 0 fully saturated rings. The van der Waals surface area contributed by atoms with Crippen LogP contribution in [0.3, 0.4) is 0 Å². The van der Waals surface area contributed by atoms with Gasteiger partial charge in [0.05, 0.1) is 11.6 Å². The number of aromatic nitrogens is 1. The number of rotatable bonds is 5. The molecular weight excluding hydrogens is 288 g/mol. The van der Waals surface area contributed by atoms with Crippen molar-refractivity contribution in [3.8, 4) is 0 Å². The van der Waals surface area contributed by atoms with E-state index in [9.17, 15) is 9.59 Å². The summed E-state index contributed by atoms with van der Waals surface area (Å²) in [6, 6.07) is 6.72. The van der Waals surface area contributed by atoms with Crippen LogP contribution < -0.4 is 5.32 Å². The summed E-state index contributed by atoms with van der Waals surface area (Å²) in [6.45, 7) is 2.37. The van der Waals surface area contributed by atoms with Crippen LogP contribution in [0.2, 0.25) is 0 Å². The van der Waals surface area contributed by atoms with E-state index in [1.54, 1.807) is 41.8 Å². The number of nitrogens with one attached hydrogen (secondary N) is 1. The number of aryl methyl sites for hydroxylation is 1. The zero-order chi connectivity index (χ0) is 15.2. The second-order valence-electron chi connectivity index (χ2n) is 4.32. The predicted molar refractivity (Wildman–Crippen MR) is 81.1 cm³/mol. The molecule has 0 aliphatic rings. The average molecular weight is 302 g/mol. The minimum Gasteiger partial charge on any atom is -0.478 e. The van der Waals surface area contributed by atoms with Gasteiger partial charge in [0.2, 0.25) is 0 Å². The van der Waals surface area contributed by atoms with Gasteiger partial charge in [-0.3, -0.25) is 4.79 Å². The lowest BCUT2D eigenvalue weighted by Crippen LogP contribution is -2.22. The zero-order valence-electron chi connectivity index (χ0n) is 11.4. The molecule has 0 bridgehead atoms. The molecule has 2 rings (SSSR count). The molecule has 2 N–H and O–H groups in total. The molecule has 6 heteroatoms. The lowest BCUT2D eigenvalue weighted by molar-refractivity contribution is -0.131. The van der Waals surface area contributed by atoms with Gasteiger partial charge in [-0.05, 0) is 30.7 Å². The molecule has 0 radical (unpaired) electrons. The van der Waals surface area contributed by atoms with E-state index in [1.165, 1.54) is 6.08 Å². The quantitative estimate of drug-likeness (QED) is 0.832. The van der Waals surface area contributed by atoms with Crippen molar-refractivity contribution >= 4 is 29.3 Å². The molecule has 0 spiro atoms. The molecule has 108 valence electrons. The Morgan fingerprint density at radius 3 is 2.62 bits per heavy atom. The Hall–Kier alpha value is -2.47. The van der Waals surface area contributed by atoms with Gasteiger partial charge in [-0.15, -0.1) is 11.3 Å². The first kappa shape index (κ1) is 14.9. The minimum absolute atomic E-state index is 0.171. The van der Waals surface area contributed by atoms with E-state index in [0.29, 0.717) is 12.1 Å². The summed E-state index contributed by atoms with van der Waals surface area (Å²) in [5, 5.41) is 12.3. The highest BCUT2D eigenvalue weighted by molar-refractivity contribution is 7.11. The van der Waals surface area contributed by atoms with Crippen LogP contribution in [0.4, 0.5) is 0 Å². The van der Waals surface area contributed by atoms with Crippen LogP contribution >= 0.6 is 11.3 Å². The summed E-state index contributed by atoms with van der Waals surface area (Å²) in [7, 11) is 0. The van der Waals surface area contributed by atoms with Crippen molar-refractivity contribution in [3.05, 3.63) is 57.6 Å². The summed E-state index contributed by atoms with van der Waals surface area (Å²) in [6.07, 6.45) is 4.28. The number of hydrogen-bond acceptors (Lipinski definition) is 4. The van der Waals surface area contributed by atoms with Crippen LogP contribution in [0.25, 0.3) is 6.08 Å². The number of aliphatic carboxylic acids is 1.